The summed E-state index contributed by atoms with van der Waals surface area (Å²) in [6.07, 6.45) is 1.11. The van der Waals surface area contributed by atoms with Gasteiger partial charge in [-0.3, -0.25) is 4.90 Å². The van der Waals surface area contributed by atoms with E-state index in [-0.39, 0.29) is 0 Å². The molecule has 1 rings (SSSR count). The lowest BCUT2D eigenvalue weighted by Crippen LogP contribution is -2.40. The fourth-order valence-electron chi connectivity index (χ4n) is 1.66. The van der Waals surface area contributed by atoms with Crippen LogP contribution in [0.5, 0.6) is 0 Å². The largest absolute Gasteiger partial charge is 0.393 e. The Labute approximate surface area is 91.6 Å². The highest BCUT2D eigenvalue weighted by Gasteiger charge is 2.19. The number of ether oxygens (including phenoxy) is 1. The molecule has 2 unspecified atom stereocenters. The van der Waals surface area contributed by atoms with Crippen LogP contribution in [-0.4, -0.2) is 42.2 Å². The molecule has 2 N–H and O–H groups in total. The Kier molecular flexibility index (Phi) is 4.78. The molecule has 0 aromatic rings. The number of nitrogens with two attached hydrogens (primary N) is 1. The SMILES string of the molecule is CC(CN1CCCOCC1C)C(N)=S. The summed E-state index contributed by atoms with van der Waals surface area (Å²) >= 11 is 4.98. The molecule has 0 spiro atoms. The van der Waals surface area contributed by atoms with E-state index in [0.29, 0.717) is 16.9 Å². The normalized spacial score (nSPS) is 26.9. The number of hydrogen-bond donors (Lipinski definition) is 1. The van der Waals surface area contributed by atoms with E-state index in [0.717, 1.165) is 32.7 Å². The molecule has 1 aliphatic rings. The highest BCUT2D eigenvalue weighted by atomic mass is 32.1. The van der Waals surface area contributed by atoms with Crippen LogP contribution in [0.15, 0.2) is 0 Å². The second-order valence-electron chi connectivity index (χ2n) is 4.08. The van der Waals surface area contributed by atoms with Gasteiger partial charge >= 0.3 is 0 Å². The van der Waals surface area contributed by atoms with Gasteiger partial charge < -0.3 is 10.5 Å². The molecule has 4 heteroatoms. The van der Waals surface area contributed by atoms with Gasteiger partial charge in [-0.05, 0) is 13.3 Å². The summed E-state index contributed by atoms with van der Waals surface area (Å²) in [5.41, 5.74) is 5.61. The van der Waals surface area contributed by atoms with Gasteiger partial charge in [-0.1, -0.05) is 19.1 Å². The standard InChI is InChI=1S/C10H20N2OS/c1-8(10(11)14)6-12-4-3-5-13-7-9(12)2/h8-9H,3-7H2,1-2H3,(H2,11,14). The Morgan fingerprint density at radius 2 is 2.43 bits per heavy atom. The second kappa shape index (κ2) is 5.63. The van der Waals surface area contributed by atoms with Crippen LogP contribution in [0, 0.1) is 5.92 Å². The number of nitrogens with zero attached hydrogens (tertiary/aromatic N) is 1. The third-order valence-electron chi connectivity index (χ3n) is 2.71. The summed E-state index contributed by atoms with van der Waals surface area (Å²) in [4.78, 5) is 3.03. The number of hydrogen-bond acceptors (Lipinski definition) is 3. The first-order valence-corrected chi connectivity index (χ1v) is 5.63. The first kappa shape index (κ1) is 11.9. The molecule has 1 aliphatic heterocycles. The Bertz CT molecular complexity index is 199. The molecule has 0 amide bonds. The van der Waals surface area contributed by atoms with Crippen LogP contribution in [0.2, 0.25) is 0 Å². The zero-order chi connectivity index (χ0) is 10.6. The van der Waals surface area contributed by atoms with Crippen molar-refractivity contribution >= 4 is 17.2 Å². The van der Waals surface area contributed by atoms with Crippen LogP contribution >= 0.6 is 12.2 Å². The van der Waals surface area contributed by atoms with Gasteiger partial charge in [0.25, 0.3) is 0 Å². The predicted octanol–water partition coefficient (Wildman–Crippen LogP) is 1.02. The lowest BCUT2D eigenvalue weighted by atomic mass is 10.1. The zero-order valence-corrected chi connectivity index (χ0v) is 9.85. The Morgan fingerprint density at radius 3 is 3.07 bits per heavy atom. The van der Waals surface area contributed by atoms with Crippen molar-refractivity contribution in [2.45, 2.75) is 26.3 Å². The molecular weight excluding hydrogens is 196 g/mol. The molecule has 1 saturated heterocycles. The topological polar surface area (TPSA) is 38.5 Å². The molecule has 2 atom stereocenters. The molecule has 0 radical (unpaired) electrons. The highest BCUT2D eigenvalue weighted by Crippen LogP contribution is 2.10. The summed E-state index contributed by atoms with van der Waals surface area (Å²) < 4.78 is 5.47. The molecule has 0 aliphatic carbocycles. The second-order valence-corrected chi connectivity index (χ2v) is 4.55. The fourth-order valence-corrected chi connectivity index (χ4v) is 1.74. The molecular formula is C10H20N2OS. The number of rotatable bonds is 3. The van der Waals surface area contributed by atoms with Crippen LogP contribution in [0.1, 0.15) is 20.3 Å². The van der Waals surface area contributed by atoms with Crippen LogP contribution in [0.25, 0.3) is 0 Å². The molecule has 0 saturated carbocycles. The summed E-state index contributed by atoms with van der Waals surface area (Å²) in [6.45, 7) is 8.03. The molecule has 3 nitrogen and oxygen atoms in total. The van der Waals surface area contributed by atoms with Crippen LogP contribution in [-0.2, 0) is 4.74 Å². The lowest BCUT2D eigenvalue weighted by molar-refractivity contribution is 0.106. The molecule has 0 aromatic heterocycles. The Balaban J connectivity index is 2.43. The average Bonchev–Trinajstić information content (AvgIpc) is 2.32. The quantitative estimate of drug-likeness (QED) is 0.715. The minimum absolute atomic E-state index is 0.297. The van der Waals surface area contributed by atoms with Crippen molar-refractivity contribution in [3.8, 4) is 0 Å². The summed E-state index contributed by atoms with van der Waals surface area (Å²) in [5.74, 6) is 0.297. The van der Waals surface area contributed by atoms with Crippen molar-refractivity contribution in [2.24, 2.45) is 11.7 Å². The van der Waals surface area contributed by atoms with Gasteiger partial charge in [-0.2, -0.15) is 0 Å². The first-order valence-electron chi connectivity index (χ1n) is 5.22. The molecule has 0 aromatic carbocycles. The third-order valence-corrected chi connectivity index (χ3v) is 3.11. The van der Waals surface area contributed by atoms with E-state index in [1.807, 2.05) is 0 Å². The van der Waals surface area contributed by atoms with E-state index in [1.54, 1.807) is 0 Å². The van der Waals surface area contributed by atoms with Gasteiger partial charge in [0.1, 0.15) is 0 Å². The van der Waals surface area contributed by atoms with Crippen molar-refractivity contribution < 1.29 is 4.74 Å². The first-order chi connectivity index (χ1) is 6.61. The van der Waals surface area contributed by atoms with Crippen LogP contribution in [0.4, 0.5) is 0 Å². The smallest absolute Gasteiger partial charge is 0.0768 e. The monoisotopic (exact) mass is 216 g/mol. The van der Waals surface area contributed by atoms with E-state index in [1.165, 1.54) is 0 Å². The third kappa shape index (κ3) is 3.52. The van der Waals surface area contributed by atoms with Crippen molar-refractivity contribution in [2.75, 3.05) is 26.3 Å². The minimum atomic E-state index is 0.297. The van der Waals surface area contributed by atoms with Gasteiger partial charge in [0, 0.05) is 31.7 Å². The van der Waals surface area contributed by atoms with E-state index >= 15 is 0 Å². The van der Waals surface area contributed by atoms with Gasteiger partial charge in [-0.25, -0.2) is 0 Å². The van der Waals surface area contributed by atoms with Gasteiger partial charge in [0.15, 0.2) is 0 Å². The van der Waals surface area contributed by atoms with Crippen molar-refractivity contribution in [3.05, 3.63) is 0 Å². The molecule has 1 fully saturated rings. The van der Waals surface area contributed by atoms with Crippen LogP contribution < -0.4 is 5.73 Å². The lowest BCUT2D eigenvalue weighted by Gasteiger charge is -2.28. The van der Waals surface area contributed by atoms with E-state index in [4.69, 9.17) is 22.7 Å². The Hall–Kier alpha value is -0.190. The minimum Gasteiger partial charge on any atom is -0.393 e. The maximum atomic E-state index is 5.61. The van der Waals surface area contributed by atoms with E-state index < -0.39 is 0 Å². The van der Waals surface area contributed by atoms with Crippen molar-refractivity contribution in [1.29, 1.82) is 0 Å². The van der Waals surface area contributed by atoms with Gasteiger partial charge in [0.05, 0.1) is 11.6 Å². The van der Waals surface area contributed by atoms with Gasteiger partial charge in [0.2, 0.25) is 0 Å². The molecule has 14 heavy (non-hydrogen) atoms. The summed E-state index contributed by atoms with van der Waals surface area (Å²) in [5, 5.41) is 0. The van der Waals surface area contributed by atoms with Crippen molar-refractivity contribution in [1.82, 2.24) is 4.90 Å². The molecule has 0 bridgehead atoms. The number of thiocarbonyl (C=S) groups is 1. The maximum absolute atomic E-state index is 5.61. The Morgan fingerprint density at radius 1 is 1.71 bits per heavy atom. The van der Waals surface area contributed by atoms with E-state index in [2.05, 4.69) is 18.7 Å². The summed E-state index contributed by atoms with van der Waals surface area (Å²) in [7, 11) is 0. The fraction of sp³-hybridized carbons (Fsp3) is 0.900. The van der Waals surface area contributed by atoms with Crippen LogP contribution in [0.3, 0.4) is 0 Å². The average molecular weight is 216 g/mol. The predicted molar refractivity (Wildman–Crippen MR) is 62.4 cm³/mol. The molecule has 82 valence electrons. The summed E-state index contributed by atoms with van der Waals surface area (Å²) in [6, 6.07) is 0.481. The van der Waals surface area contributed by atoms with E-state index in [9.17, 15) is 0 Å². The van der Waals surface area contributed by atoms with Crippen molar-refractivity contribution in [3.63, 3.8) is 0 Å². The maximum Gasteiger partial charge on any atom is 0.0768 e. The van der Waals surface area contributed by atoms with Gasteiger partial charge in [-0.15, -0.1) is 0 Å². The highest BCUT2D eigenvalue weighted by molar-refractivity contribution is 7.80. The zero-order valence-electron chi connectivity index (χ0n) is 9.03. The molecule has 1 heterocycles.